The summed E-state index contributed by atoms with van der Waals surface area (Å²) in [6.45, 7) is 1.63. The first-order chi connectivity index (χ1) is 15.4. The molecular formula is C21H25N5O5S. The van der Waals surface area contributed by atoms with Crippen LogP contribution in [0.1, 0.15) is 0 Å². The van der Waals surface area contributed by atoms with E-state index in [0.717, 1.165) is 0 Å². The molecule has 0 atom stereocenters. The number of H-pyrrole nitrogens is 1. The molecule has 0 aliphatic carbocycles. The summed E-state index contributed by atoms with van der Waals surface area (Å²) < 4.78 is 38.2. The quantitative estimate of drug-likeness (QED) is 0.550. The minimum absolute atomic E-state index is 0.144. The number of nitrogens with zero attached hydrogens (tertiary/aromatic N) is 3. The number of sulfonamides is 1. The molecule has 4 rings (SSSR count). The molecule has 1 saturated heterocycles. The molecule has 3 heterocycles. The van der Waals surface area contributed by atoms with E-state index in [1.165, 1.54) is 17.6 Å². The van der Waals surface area contributed by atoms with E-state index in [-0.39, 0.29) is 17.3 Å². The van der Waals surface area contributed by atoms with Crippen molar-refractivity contribution in [1.29, 1.82) is 0 Å². The van der Waals surface area contributed by atoms with Gasteiger partial charge in [-0.15, -0.1) is 0 Å². The largest absolute Gasteiger partial charge is 0.497 e. The van der Waals surface area contributed by atoms with Crippen LogP contribution in [0, 0.1) is 0 Å². The second-order valence-corrected chi connectivity index (χ2v) is 9.25. The van der Waals surface area contributed by atoms with Gasteiger partial charge in [0.25, 0.3) is 0 Å². The van der Waals surface area contributed by atoms with Gasteiger partial charge in [-0.05, 0) is 24.3 Å². The van der Waals surface area contributed by atoms with E-state index < -0.39 is 10.0 Å². The zero-order valence-corrected chi connectivity index (χ0v) is 18.7. The van der Waals surface area contributed by atoms with Gasteiger partial charge in [0.05, 0.1) is 26.5 Å². The first-order valence-corrected chi connectivity index (χ1v) is 11.5. The summed E-state index contributed by atoms with van der Waals surface area (Å²) in [5, 5.41) is 3.41. The summed E-state index contributed by atoms with van der Waals surface area (Å²) in [5.74, 6) is 0.922. The number of carbonyl (C=O) groups is 1. The van der Waals surface area contributed by atoms with Gasteiger partial charge in [0.1, 0.15) is 22.0 Å². The van der Waals surface area contributed by atoms with Crippen molar-refractivity contribution in [1.82, 2.24) is 19.2 Å². The third-order valence-electron chi connectivity index (χ3n) is 5.41. The highest BCUT2D eigenvalue weighted by molar-refractivity contribution is 7.89. The number of ether oxygens (including phenoxy) is 2. The standard InChI is InChI=1S/C21H25N5O5S/c1-30-15-5-6-18(31-2)17(12-15)24-20(27)14-25-8-10-26(11-9-25)32(28,29)19-13-23-21-16(19)4-3-7-22-21/h3-7,12-13H,8-11,14H2,1-2H3,(H,22,23)(H,24,27). The number of aromatic amines is 1. The Labute approximate surface area is 186 Å². The van der Waals surface area contributed by atoms with Gasteiger partial charge in [0, 0.05) is 50.0 Å². The molecule has 3 aromatic rings. The molecule has 32 heavy (non-hydrogen) atoms. The van der Waals surface area contributed by atoms with Crippen LogP contribution in [-0.2, 0) is 14.8 Å². The number of methoxy groups -OCH3 is 2. The maximum absolute atomic E-state index is 13.1. The van der Waals surface area contributed by atoms with Crippen molar-refractivity contribution >= 4 is 32.7 Å². The number of hydrogen-bond acceptors (Lipinski definition) is 7. The Kier molecular flexibility index (Phi) is 6.31. The average molecular weight is 460 g/mol. The first-order valence-electron chi connectivity index (χ1n) is 10.1. The topological polar surface area (TPSA) is 117 Å². The van der Waals surface area contributed by atoms with E-state index in [2.05, 4.69) is 15.3 Å². The highest BCUT2D eigenvalue weighted by Gasteiger charge is 2.31. The summed E-state index contributed by atoms with van der Waals surface area (Å²) in [6, 6.07) is 8.61. The Morgan fingerprint density at radius 2 is 1.94 bits per heavy atom. The number of rotatable bonds is 7. The molecule has 170 valence electrons. The van der Waals surface area contributed by atoms with E-state index in [1.807, 2.05) is 4.90 Å². The number of amides is 1. The van der Waals surface area contributed by atoms with Crippen LogP contribution < -0.4 is 14.8 Å². The van der Waals surface area contributed by atoms with Gasteiger partial charge in [-0.25, -0.2) is 13.4 Å². The van der Waals surface area contributed by atoms with E-state index in [1.54, 1.807) is 43.6 Å². The molecule has 0 saturated carbocycles. The van der Waals surface area contributed by atoms with Crippen LogP contribution in [0.4, 0.5) is 5.69 Å². The van der Waals surface area contributed by atoms with E-state index in [0.29, 0.717) is 54.4 Å². The molecular weight excluding hydrogens is 434 g/mol. The predicted molar refractivity (Wildman–Crippen MR) is 119 cm³/mol. The number of nitrogens with one attached hydrogen (secondary N) is 2. The van der Waals surface area contributed by atoms with E-state index in [9.17, 15) is 13.2 Å². The summed E-state index contributed by atoms with van der Waals surface area (Å²) in [6.07, 6.45) is 3.09. The van der Waals surface area contributed by atoms with Crippen molar-refractivity contribution in [3.05, 3.63) is 42.7 Å². The lowest BCUT2D eigenvalue weighted by atomic mass is 10.2. The highest BCUT2D eigenvalue weighted by Crippen LogP contribution is 2.29. The number of carbonyl (C=O) groups excluding carboxylic acids is 1. The van der Waals surface area contributed by atoms with Crippen molar-refractivity contribution in [2.24, 2.45) is 0 Å². The molecule has 2 N–H and O–H groups in total. The van der Waals surface area contributed by atoms with Crippen molar-refractivity contribution in [2.45, 2.75) is 4.90 Å². The van der Waals surface area contributed by atoms with Gasteiger partial charge >= 0.3 is 0 Å². The van der Waals surface area contributed by atoms with Gasteiger partial charge < -0.3 is 19.8 Å². The smallest absolute Gasteiger partial charge is 0.245 e. The Morgan fingerprint density at radius 3 is 2.66 bits per heavy atom. The molecule has 1 amide bonds. The van der Waals surface area contributed by atoms with Gasteiger partial charge in [-0.2, -0.15) is 4.31 Å². The van der Waals surface area contributed by atoms with Crippen LogP contribution >= 0.6 is 0 Å². The maximum atomic E-state index is 13.1. The third-order valence-corrected chi connectivity index (χ3v) is 7.35. The first kappa shape index (κ1) is 22.1. The van der Waals surface area contributed by atoms with Gasteiger partial charge in [0.15, 0.2) is 0 Å². The number of anilines is 1. The molecule has 0 radical (unpaired) electrons. The molecule has 1 aliphatic rings. The fourth-order valence-corrected chi connectivity index (χ4v) is 5.29. The van der Waals surface area contributed by atoms with E-state index >= 15 is 0 Å². The van der Waals surface area contributed by atoms with Crippen molar-refractivity contribution in [2.75, 3.05) is 52.3 Å². The fraction of sp³-hybridized carbons (Fsp3) is 0.333. The molecule has 0 unspecified atom stereocenters. The Hall–Kier alpha value is -3.15. The third kappa shape index (κ3) is 4.40. The van der Waals surface area contributed by atoms with Crippen LogP contribution in [-0.4, -0.2) is 80.4 Å². The molecule has 0 bridgehead atoms. The summed E-state index contributed by atoms with van der Waals surface area (Å²) in [4.78, 5) is 21.8. The SMILES string of the molecule is COc1ccc(OC)c(NC(=O)CN2CCN(S(=O)(=O)c3c[nH]c4ncccc34)CC2)c1. The molecule has 1 aromatic carbocycles. The molecule has 0 spiro atoms. The number of aromatic nitrogens is 2. The normalized spacial score (nSPS) is 15.6. The van der Waals surface area contributed by atoms with Crippen LogP contribution in [0.3, 0.4) is 0 Å². The molecule has 1 fully saturated rings. The van der Waals surface area contributed by atoms with E-state index in [4.69, 9.17) is 9.47 Å². The summed E-state index contributed by atoms with van der Waals surface area (Å²) >= 11 is 0. The van der Waals surface area contributed by atoms with Crippen LogP contribution in [0.15, 0.2) is 47.6 Å². The molecule has 11 heteroatoms. The second-order valence-electron chi connectivity index (χ2n) is 7.35. The van der Waals surface area contributed by atoms with Crippen LogP contribution in [0.25, 0.3) is 11.0 Å². The van der Waals surface area contributed by atoms with Crippen LogP contribution in [0.5, 0.6) is 11.5 Å². The fourth-order valence-electron chi connectivity index (χ4n) is 3.72. The number of pyridine rings is 1. The van der Waals surface area contributed by atoms with Crippen molar-refractivity contribution < 1.29 is 22.7 Å². The number of fused-ring (bicyclic) bond motifs is 1. The average Bonchev–Trinajstić information content (AvgIpc) is 3.24. The highest BCUT2D eigenvalue weighted by atomic mass is 32.2. The van der Waals surface area contributed by atoms with Crippen molar-refractivity contribution in [3.8, 4) is 11.5 Å². The molecule has 10 nitrogen and oxygen atoms in total. The minimum atomic E-state index is -3.66. The Balaban J connectivity index is 1.37. The predicted octanol–water partition coefficient (Wildman–Crippen LogP) is 1.53. The summed E-state index contributed by atoms with van der Waals surface area (Å²) in [7, 11) is -0.580. The number of piperazine rings is 1. The number of hydrogen-bond donors (Lipinski definition) is 2. The Morgan fingerprint density at radius 1 is 1.16 bits per heavy atom. The Bertz CT molecular complexity index is 1220. The molecule has 1 aliphatic heterocycles. The summed E-state index contributed by atoms with van der Waals surface area (Å²) in [5.41, 5.74) is 1.06. The zero-order chi connectivity index (χ0) is 22.7. The maximum Gasteiger partial charge on any atom is 0.245 e. The van der Waals surface area contributed by atoms with Crippen molar-refractivity contribution in [3.63, 3.8) is 0 Å². The van der Waals surface area contributed by atoms with Gasteiger partial charge in [-0.3, -0.25) is 9.69 Å². The lowest BCUT2D eigenvalue weighted by molar-refractivity contribution is -0.117. The lowest BCUT2D eigenvalue weighted by Crippen LogP contribution is -2.50. The zero-order valence-electron chi connectivity index (χ0n) is 17.9. The second kappa shape index (κ2) is 9.15. The van der Waals surface area contributed by atoms with Gasteiger partial charge in [0.2, 0.25) is 15.9 Å². The monoisotopic (exact) mass is 459 g/mol. The van der Waals surface area contributed by atoms with Gasteiger partial charge in [-0.1, -0.05) is 0 Å². The minimum Gasteiger partial charge on any atom is -0.497 e. The van der Waals surface area contributed by atoms with Crippen LogP contribution in [0.2, 0.25) is 0 Å². The number of benzene rings is 1. The lowest BCUT2D eigenvalue weighted by Gasteiger charge is -2.33. The molecule has 2 aromatic heterocycles.